The van der Waals surface area contributed by atoms with E-state index in [9.17, 15) is 0 Å². The first-order valence-corrected chi connectivity index (χ1v) is 4.98. The summed E-state index contributed by atoms with van der Waals surface area (Å²) in [5, 5.41) is 0. The Balaban J connectivity index is 2.21. The van der Waals surface area contributed by atoms with Crippen LogP contribution < -0.4 is 0 Å². The van der Waals surface area contributed by atoms with Crippen molar-refractivity contribution in [2.24, 2.45) is 0 Å². The summed E-state index contributed by atoms with van der Waals surface area (Å²) in [6.07, 6.45) is 5.05. The third-order valence-corrected chi connectivity index (χ3v) is 2.31. The number of unbranched alkanes of at least 4 members (excludes halogenated alkanes) is 2. The maximum absolute atomic E-state index is 5.67. The molecule has 72 valence electrons. The molecule has 1 aliphatic rings. The van der Waals surface area contributed by atoms with Crippen LogP contribution in [0.4, 0.5) is 0 Å². The molecule has 12 heavy (non-hydrogen) atoms. The molecule has 0 N–H and O–H groups in total. The molecule has 0 aliphatic carbocycles. The van der Waals surface area contributed by atoms with Gasteiger partial charge in [0.05, 0.1) is 12.7 Å². The minimum Gasteiger partial charge on any atom is -0.348 e. The fourth-order valence-electron chi connectivity index (χ4n) is 1.61. The molecule has 0 aromatic carbocycles. The first-order chi connectivity index (χ1) is 5.66. The average molecular weight is 172 g/mol. The van der Waals surface area contributed by atoms with Crippen LogP contribution in [0, 0.1) is 0 Å². The van der Waals surface area contributed by atoms with Crippen LogP contribution >= 0.6 is 0 Å². The summed E-state index contributed by atoms with van der Waals surface area (Å²) in [4.78, 5) is 0. The van der Waals surface area contributed by atoms with Crippen molar-refractivity contribution >= 4 is 0 Å². The van der Waals surface area contributed by atoms with Crippen molar-refractivity contribution in [2.75, 3.05) is 6.61 Å². The van der Waals surface area contributed by atoms with E-state index in [0.717, 1.165) is 13.0 Å². The Morgan fingerprint density at radius 2 is 2.17 bits per heavy atom. The van der Waals surface area contributed by atoms with Gasteiger partial charge in [-0.3, -0.25) is 0 Å². The molecule has 2 atom stereocenters. The minimum absolute atomic E-state index is 0.275. The zero-order valence-corrected chi connectivity index (χ0v) is 8.43. The van der Waals surface area contributed by atoms with Crippen molar-refractivity contribution in [2.45, 2.75) is 58.3 Å². The van der Waals surface area contributed by atoms with Crippen molar-refractivity contribution in [1.29, 1.82) is 0 Å². The van der Waals surface area contributed by atoms with E-state index in [0.29, 0.717) is 0 Å². The second-order valence-corrected chi connectivity index (χ2v) is 3.83. The van der Waals surface area contributed by atoms with Gasteiger partial charge in [0.2, 0.25) is 0 Å². The van der Waals surface area contributed by atoms with Crippen LogP contribution in [0.3, 0.4) is 0 Å². The fourth-order valence-corrected chi connectivity index (χ4v) is 1.61. The molecule has 0 aromatic rings. The largest absolute Gasteiger partial charge is 0.348 e. The van der Waals surface area contributed by atoms with Gasteiger partial charge in [0.25, 0.3) is 0 Å². The van der Waals surface area contributed by atoms with Crippen molar-refractivity contribution in [3.05, 3.63) is 0 Å². The van der Waals surface area contributed by atoms with Crippen LogP contribution in [0.15, 0.2) is 0 Å². The van der Waals surface area contributed by atoms with E-state index in [4.69, 9.17) is 9.47 Å². The summed E-state index contributed by atoms with van der Waals surface area (Å²) in [5.41, 5.74) is 0. The van der Waals surface area contributed by atoms with Gasteiger partial charge in [-0.25, -0.2) is 0 Å². The Hall–Kier alpha value is -0.0800. The smallest absolute Gasteiger partial charge is 0.166 e. The molecule has 0 saturated carbocycles. The molecule has 0 amide bonds. The van der Waals surface area contributed by atoms with E-state index in [1.54, 1.807) is 0 Å². The van der Waals surface area contributed by atoms with E-state index >= 15 is 0 Å². The zero-order chi connectivity index (χ0) is 9.03. The molecule has 0 radical (unpaired) electrons. The second kappa shape index (κ2) is 4.24. The van der Waals surface area contributed by atoms with Crippen molar-refractivity contribution < 1.29 is 9.47 Å². The molecule has 0 spiro atoms. The van der Waals surface area contributed by atoms with Crippen molar-refractivity contribution in [1.82, 2.24) is 0 Å². The quantitative estimate of drug-likeness (QED) is 0.607. The monoisotopic (exact) mass is 172 g/mol. The normalized spacial score (nSPS) is 35.8. The summed E-state index contributed by atoms with van der Waals surface area (Å²) >= 11 is 0. The lowest BCUT2D eigenvalue weighted by Crippen LogP contribution is -2.25. The van der Waals surface area contributed by atoms with Gasteiger partial charge in [0.15, 0.2) is 5.79 Å². The number of rotatable bonds is 4. The van der Waals surface area contributed by atoms with Gasteiger partial charge >= 0.3 is 0 Å². The SMILES string of the molecule is CCCCCC1(C)OCC(C)O1. The Morgan fingerprint density at radius 3 is 2.67 bits per heavy atom. The maximum atomic E-state index is 5.67. The average Bonchev–Trinajstić information content (AvgIpc) is 2.32. The van der Waals surface area contributed by atoms with Crippen LogP contribution in [0.1, 0.15) is 46.5 Å². The summed E-state index contributed by atoms with van der Waals surface area (Å²) in [7, 11) is 0. The molecule has 1 fully saturated rings. The maximum Gasteiger partial charge on any atom is 0.166 e. The predicted molar refractivity (Wildman–Crippen MR) is 49.0 cm³/mol. The highest BCUT2D eigenvalue weighted by Crippen LogP contribution is 2.28. The summed E-state index contributed by atoms with van der Waals surface area (Å²) in [6, 6.07) is 0. The molecule has 1 heterocycles. The molecule has 0 bridgehead atoms. The minimum atomic E-state index is -0.283. The standard InChI is InChI=1S/C10H20O2/c1-4-5-6-7-10(3)11-8-9(2)12-10/h9H,4-8H2,1-3H3. The number of hydrogen-bond acceptors (Lipinski definition) is 2. The number of hydrogen-bond donors (Lipinski definition) is 0. The summed E-state index contributed by atoms with van der Waals surface area (Å²) in [5.74, 6) is -0.283. The van der Waals surface area contributed by atoms with Gasteiger partial charge in [-0.1, -0.05) is 19.8 Å². The van der Waals surface area contributed by atoms with E-state index in [1.165, 1.54) is 19.3 Å². The van der Waals surface area contributed by atoms with E-state index in [2.05, 4.69) is 13.8 Å². The highest BCUT2D eigenvalue weighted by molar-refractivity contribution is 4.72. The van der Waals surface area contributed by atoms with Crippen molar-refractivity contribution in [3.63, 3.8) is 0 Å². The van der Waals surface area contributed by atoms with E-state index in [-0.39, 0.29) is 11.9 Å². The third-order valence-electron chi connectivity index (χ3n) is 2.31. The molecule has 1 aliphatic heterocycles. The lowest BCUT2D eigenvalue weighted by molar-refractivity contribution is -0.157. The molecule has 1 rings (SSSR count). The van der Waals surface area contributed by atoms with Gasteiger partial charge in [-0.2, -0.15) is 0 Å². The van der Waals surface area contributed by atoms with E-state index in [1.807, 2.05) is 6.92 Å². The van der Waals surface area contributed by atoms with Gasteiger partial charge in [0.1, 0.15) is 0 Å². The lowest BCUT2D eigenvalue weighted by atomic mass is 10.1. The first kappa shape index (κ1) is 10.0. The van der Waals surface area contributed by atoms with E-state index < -0.39 is 0 Å². The molecule has 0 aromatic heterocycles. The molecular formula is C10H20O2. The Labute approximate surface area is 75.2 Å². The molecule has 1 saturated heterocycles. The highest BCUT2D eigenvalue weighted by Gasteiger charge is 2.34. The van der Waals surface area contributed by atoms with Crippen LogP contribution in [0.5, 0.6) is 0 Å². The predicted octanol–water partition coefficient (Wildman–Crippen LogP) is 2.72. The molecule has 2 heteroatoms. The van der Waals surface area contributed by atoms with Gasteiger partial charge in [-0.15, -0.1) is 0 Å². The third kappa shape index (κ3) is 2.76. The van der Waals surface area contributed by atoms with Crippen molar-refractivity contribution in [3.8, 4) is 0 Å². The Kier molecular flexibility index (Phi) is 3.53. The highest BCUT2D eigenvalue weighted by atomic mass is 16.7. The topological polar surface area (TPSA) is 18.5 Å². The van der Waals surface area contributed by atoms with Crippen LogP contribution in [-0.2, 0) is 9.47 Å². The fraction of sp³-hybridized carbons (Fsp3) is 1.00. The zero-order valence-electron chi connectivity index (χ0n) is 8.43. The first-order valence-electron chi connectivity index (χ1n) is 4.98. The number of ether oxygens (including phenoxy) is 2. The van der Waals surface area contributed by atoms with Crippen LogP contribution in [-0.4, -0.2) is 18.5 Å². The Morgan fingerprint density at radius 1 is 1.42 bits per heavy atom. The second-order valence-electron chi connectivity index (χ2n) is 3.83. The van der Waals surface area contributed by atoms with Crippen LogP contribution in [0.2, 0.25) is 0 Å². The van der Waals surface area contributed by atoms with Gasteiger partial charge in [0, 0.05) is 6.42 Å². The Bertz CT molecular complexity index is 136. The molecular weight excluding hydrogens is 152 g/mol. The lowest BCUT2D eigenvalue weighted by Gasteiger charge is -2.22. The van der Waals surface area contributed by atoms with Crippen LogP contribution in [0.25, 0.3) is 0 Å². The molecule has 2 unspecified atom stereocenters. The summed E-state index contributed by atoms with van der Waals surface area (Å²) in [6.45, 7) is 7.07. The summed E-state index contributed by atoms with van der Waals surface area (Å²) < 4.78 is 11.3. The molecule has 2 nitrogen and oxygen atoms in total. The van der Waals surface area contributed by atoms with Gasteiger partial charge < -0.3 is 9.47 Å². The van der Waals surface area contributed by atoms with Gasteiger partial charge in [-0.05, 0) is 20.3 Å².